The van der Waals surface area contributed by atoms with Gasteiger partial charge in [-0.1, -0.05) is 68.5 Å². The van der Waals surface area contributed by atoms with Crippen molar-refractivity contribution < 1.29 is 14.6 Å². The molecule has 3 rings (SSSR count). The summed E-state index contributed by atoms with van der Waals surface area (Å²) in [5.41, 5.74) is 7.00. The Balaban J connectivity index is 0. The molecule has 5 N–H and O–H groups in total. The number of hydrogen-bond donors (Lipinski definition) is 4. The highest BCUT2D eigenvalue weighted by atomic mass is 32.1. The summed E-state index contributed by atoms with van der Waals surface area (Å²) in [6, 6.07) is 7.79. The van der Waals surface area contributed by atoms with Gasteiger partial charge in [0.1, 0.15) is 12.6 Å². The van der Waals surface area contributed by atoms with E-state index in [-0.39, 0.29) is 6.61 Å². The summed E-state index contributed by atoms with van der Waals surface area (Å²) in [7, 11) is 1.50. The molecule has 9 nitrogen and oxygen atoms in total. The molecule has 1 aromatic heterocycles. The summed E-state index contributed by atoms with van der Waals surface area (Å²) < 4.78 is 5.47. The van der Waals surface area contributed by atoms with Gasteiger partial charge >= 0.3 is 0 Å². The number of allylic oxidation sites excluding steroid dienone is 5. The van der Waals surface area contributed by atoms with E-state index in [0.29, 0.717) is 19.0 Å². The van der Waals surface area contributed by atoms with Crippen LogP contribution in [0.25, 0.3) is 17.5 Å². The molecule has 1 aromatic carbocycles. The number of hydrogen-bond acceptors (Lipinski definition) is 10. The topological polar surface area (TPSA) is 140 Å². The average Bonchev–Trinajstić information content (AvgIpc) is 2.98. The number of aliphatic hydroxyl groups is 1. The van der Waals surface area contributed by atoms with Gasteiger partial charge in [0.2, 0.25) is 0 Å². The smallest absolute Gasteiger partial charge is 0.162 e. The van der Waals surface area contributed by atoms with E-state index in [4.69, 9.17) is 43.1 Å². The monoisotopic (exact) mass is 572 g/mol. The summed E-state index contributed by atoms with van der Waals surface area (Å²) in [6.07, 6.45) is 13.7. The van der Waals surface area contributed by atoms with Crippen molar-refractivity contribution in [3.63, 3.8) is 0 Å². The zero-order valence-corrected chi connectivity index (χ0v) is 25.7. The Bertz CT molecular complexity index is 1040. The molecule has 0 amide bonds. The maximum Gasteiger partial charge on any atom is 0.162 e. The van der Waals surface area contributed by atoms with Crippen LogP contribution in [0, 0.1) is 5.92 Å². The SMILES string of the molecule is C/C=C/C=C/c1nc(-c2ccccc2/C=N\N)nc(N2CCOCC2)c1S.C/C=C\C(C)C.C=O.CCO.CN. The van der Waals surface area contributed by atoms with E-state index in [1.54, 1.807) is 13.1 Å². The maximum absolute atomic E-state index is 8.00. The van der Waals surface area contributed by atoms with Crippen molar-refractivity contribution in [2.24, 2.45) is 22.6 Å². The van der Waals surface area contributed by atoms with Crippen molar-refractivity contribution in [1.82, 2.24) is 9.97 Å². The second kappa shape index (κ2) is 25.9. The van der Waals surface area contributed by atoms with Gasteiger partial charge < -0.3 is 31.1 Å². The lowest BCUT2D eigenvalue weighted by Crippen LogP contribution is -2.37. The van der Waals surface area contributed by atoms with Crippen LogP contribution in [0.4, 0.5) is 5.82 Å². The molecule has 0 bridgehead atoms. The molecular weight excluding hydrogens is 524 g/mol. The summed E-state index contributed by atoms with van der Waals surface area (Å²) >= 11 is 4.72. The second-order valence-corrected chi connectivity index (χ2v) is 8.49. The first-order valence-electron chi connectivity index (χ1n) is 13.1. The molecule has 2 aromatic rings. The lowest BCUT2D eigenvalue weighted by Gasteiger charge is -2.29. The third-order valence-corrected chi connectivity index (χ3v) is 5.18. The first-order valence-corrected chi connectivity index (χ1v) is 13.5. The summed E-state index contributed by atoms with van der Waals surface area (Å²) in [4.78, 5) is 20.5. The third-order valence-electron chi connectivity index (χ3n) is 4.75. The van der Waals surface area contributed by atoms with Crippen LogP contribution < -0.4 is 16.5 Å². The molecular formula is C30H48N6O3S. The Morgan fingerprint density at radius 1 is 1.12 bits per heavy atom. The predicted molar refractivity (Wildman–Crippen MR) is 173 cm³/mol. The highest BCUT2D eigenvalue weighted by Gasteiger charge is 2.20. The number of hydrazone groups is 1. The number of morpholine rings is 1. The largest absolute Gasteiger partial charge is 0.397 e. The third kappa shape index (κ3) is 15.3. The first-order chi connectivity index (χ1) is 19.4. The number of benzene rings is 1. The van der Waals surface area contributed by atoms with E-state index >= 15 is 0 Å². The van der Waals surface area contributed by atoms with Gasteiger partial charge in [-0.3, -0.25) is 0 Å². The molecule has 1 fully saturated rings. The number of aromatic nitrogens is 2. The molecule has 0 spiro atoms. The summed E-state index contributed by atoms with van der Waals surface area (Å²) in [5, 5.41) is 11.2. The van der Waals surface area contributed by atoms with Crippen LogP contribution in [-0.2, 0) is 9.53 Å². The van der Waals surface area contributed by atoms with Crippen LogP contribution in [0.3, 0.4) is 0 Å². The molecule has 0 saturated carbocycles. The average molecular weight is 573 g/mol. The zero-order chi connectivity index (χ0) is 30.8. The quantitative estimate of drug-likeness (QED) is 0.0970. The van der Waals surface area contributed by atoms with Crippen molar-refractivity contribution in [2.75, 3.05) is 44.9 Å². The van der Waals surface area contributed by atoms with Crippen LogP contribution in [0.15, 0.2) is 64.6 Å². The molecule has 1 saturated heterocycles. The molecule has 0 unspecified atom stereocenters. The number of nitrogens with two attached hydrogens (primary N) is 2. The standard InChI is InChI=1S/C20H23N5OS.C6H12.C2H6O.CH5N.CH2O/c1-2-3-4-9-17-18(27)20(25-10-12-26-13-11-25)24-19(23-17)16-8-6-5-7-15(16)14-22-21;1-4-5-6(2)3;1-2-3;2*1-2/h2-9,14,27H,10-13,21H2,1H3;4-6H,1-3H3;3H,2H2,1H3;2H2,1H3;1H2/b3-2+,9-4+,22-14-;5-4-;;;. The number of aliphatic hydroxyl groups excluding tert-OH is 1. The Morgan fingerprint density at radius 3 is 2.23 bits per heavy atom. The van der Waals surface area contributed by atoms with Gasteiger partial charge in [0.15, 0.2) is 5.82 Å². The van der Waals surface area contributed by atoms with Crippen molar-refractivity contribution in [1.29, 1.82) is 0 Å². The van der Waals surface area contributed by atoms with Crippen molar-refractivity contribution >= 4 is 37.5 Å². The minimum Gasteiger partial charge on any atom is -0.397 e. The molecule has 40 heavy (non-hydrogen) atoms. The Hall–Kier alpha value is -3.31. The van der Waals surface area contributed by atoms with Gasteiger partial charge in [-0.05, 0) is 39.8 Å². The van der Waals surface area contributed by atoms with Crippen molar-refractivity contribution in [3.05, 3.63) is 65.9 Å². The van der Waals surface area contributed by atoms with E-state index in [0.717, 1.165) is 46.5 Å². The molecule has 1 aliphatic rings. The van der Waals surface area contributed by atoms with Gasteiger partial charge in [-0.2, -0.15) is 5.10 Å². The van der Waals surface area contributed by atoms with Gasteiger partial charge in [0.05, 0.1) is 30.0 Å². The lowest BCUT2D eigenvalue weighted by atomic mass is 10.1. The van der Waals surface area contributed by atoms with E-state index in [9.17, 15) is 0 Å². The Labute approximate surface area is 246 Å². The van der Waals surface area contributed by atoms with Crippen LogP contribution in [0.2, 0.25) is 0 Å². The van der Waals surface area contributed by atoms with Crippen molar-refractivity contribution in [2.45, 2.75) is 39.5 Å². The molecule has 0 radical (unpaired) electrons. The molecule has 0 atom stereocenters. The number of ether oxygens (including phenoxy) is 1. The highest BCUT2D eigenvalue weighted by Crippen LogP contribution is 2.30. The number of thiol groups is 1. The fourth-order valence-corrected chi connectivity index (χ4v) is 3.54. The predicted octanol–water partition coefficient (Wildman–Crippen LogP) is 4.76. The summed E-state index contributed by atoms with van der Waals surface area (Å²) in [6.45, 7) is 15.2. The zero-order valence-electron chi connectivity index (χ0n) is 24.8. The number of anilines is 1. The minimum absolute atomic E-state index is 0.250. The van der Waals surface area contributed by atoms with Gasteiger partial charge in [0, 0.05) is 30.8 Å². The molecule has 1 aliphatic heterocycles. The fourth-order valence-electron chi connectivity index (χ4n) is 3.23. The van der Waals surface area contributed by atoms with Crippen LogP contribution in [-0.4, -0.2) is 68.0 Å². The number of carbonyl (C=O) groups is 1. The van der Waals surface area contributed by atoms with Crippen LogP contribution >= 0.6 is 12.6 Å². The lowest BCUT2D eigenvalue weighted by molar-refractivity contribution is -0.0980. The summed E-state index contributed by atoms with van der Waals surface area (Å²) in [5.74, 6) is 7.51. The van der Waals surface area contributed by atoms with E-state index in [1.807, 2.05) is 69.2 Å². The van der Waals surface area contributed by atoms with E-state index in [2.05, 4.69) is 41.7 Å². The number of rotatable bonds is 6. The van der Waals surface area contributed by atoms with Gasteiger partial charge in [-0.15, -0.1) is 12.6 Å². The Morgan fingerprint density at radius 2 is 1.73 bits per heavy atom. The van der Waals surface area contributed by atoms with E-state index < -0.39 is 0 Å². The molecule has 0 aliphatic carbocycles. The second-order valence-electron chi connectivity index (χ2n) is 8.04. The highest BCUT2D eigenvalue weighted by molar-refractivity contribution is 7.80. The Kier molecular flexibility index (Phi) is 25.2. The molecule has 2 heterocycles. The normalized spacial score (nSPS) is 12.8. The molecule has 10 heteroatoms. The van der Waals surface area contributed by atoms with Crippen molar-refractivity contribution in [3.8, 4) is 11.4 Å². The van der Waals surface area contributed by atoms with Gasteiger partial charge in [-0.25, -0.2) is 9.97 Å². The number of carbonyl (C=O) groups excluding carboxylic acids is 1. The first kappa shape index (κ1) is 38.8. The molecule has 222 valence electrons. The number of nitrogens with zero attached hydrogens (tertiary/aromatic N) is 4. The van der Waals surface area contributed by atoms with Crippen LogP contribution in [0.5, 0.6) is 0 Å². The van der Waals surface area contributed by atoms with Gasteiger partial charge in [0.25, 0.3) is 0 Å². The maximum atomic E-state index is 8.00. The van der Waals surface area contributed by atoms with E-state index in [1.165, 1.54) is 7.05 Å². The fraction of sp³-hybridized carbons (Fsp3) is 0.400. The minimum atomic E-state index is 0.250. The van der Waals surface area contributed by atoms with Crippen LogP contribution in [0.1, 0.15) is 45.9 Å².